The highest BCUT2D eigenvalue weighted by Crippen LogP contribution is 2.12. The van der Waals surface area contributed by atoms with Crippen LogP contribution in [0, 0.1) is 0 Å². The summed E-state index contributed by atoms with van der Waals surface area (Å²) < 4.78 is 1.65. The lowest BCUT2D eigenvalue weighted by atomic mass is 10.2. The minimum absolute atomic E-state index is 0.140. The molecule has 0 saturated carbocycles. The predicted molar refractivity (Wildman–Crippen MR) is 87.9 cm³/mol. The maximum absolute atomic E-state index is 12.2. The Morgan fingerprint density at radius 2 is 2.29 bits per heavy atom. The van der Waals surface area contributed by atoms with Crippen molar-refractivity contribution >= 4 is 23.4 Å². The molecule has 6 heteroatoms. The lowest BCUT2D eigenvalue weighted by molar-refractivity contribution is 0.0934. The number of amides is 1. The number of hydrogen-bond acceptors (Lipinski definition) is 4. The highest BCUT2D eigenvalue weighted by atomic mass is 32.2. The normalized spacial score (nSPS) is 12.1. The Morgan fingerprint density at radius 3 is 2.95 bits per heavy atom. The number of carbonyl (C=O) groups excluding carboxylic acids is 1. The summed E-state index contributed by atoms with van der Waals surface area (Å²) in [6.45, 7) is 2.06. The number of nitrogen functional groups attached to an aromatic ring is 1. The summed E-state index contributed by atoms with van der Waals surface area (Å²) in [7, 11) is 0. The van der Waals surface area contributed by atoms with E-state index in [4.69, 9.17) is 5.73 Å². The van der Waals surface area contributed by atoms with Gasteiger partial charge in [-0.3, -0.25) is 4.79 Å². The molecule has 0 aliphatic rings. The lowest BCUT2D eigenvalue weighted by Gasteiger charge is -2.14. The Labute approximate surface area is 128 Å². The van der Waals surface area contributed by atoms with E-state index < -0.39 is 0 Å². The molecule has 3 N–H and O–H groups in total. The van der Waals surface area contributed by atoms with E-state index in [0.29, 0.717) is 11.4 Å². The molecule has 2 aromatic rings. The van der Waals surface area contributed by atoms with E-state index in [0.717, 1.165) is 17.9 Å². The van der Waals surface area contributed by atoms with E-state index in [9.17, 15) is 4.79 Å². The van der Waals surface area contributed by atoms with Gasteiger partial charge in [0.1, 0.15) is 0 Å². The van der Waals surface area contributed by atoms with Gasteiger partial charge in [0.25, 0.3) is 5.91 Å². The zero-order chi connectivity index (χ0) is 15.2. The standard InChI is InChI=1S/C15H20N4OS/c1-3-12(10-21-2)17-15(20)14-7-8-19(18-14)13-6-4-5-11(16)9-13/h4-9,12H,3,10,16H2,1-2H3,(H,17,20). The summed E-state index contributed by atoms with van der Waals surface area (Å²) in [5, 5.41) is 7.31. The van der Waals surface area contributed by atoms with Crippen molar-refractivity contribution in [1.82, 2.24) is 15.1 Å². The molecule has 1 amide bonds. The van der Waals surface area contributed by atoms with Crippen LogP contribution in [-0.4, -0.2) is 33.7 Å². The van der Waals surface area contributed by atoms with Crippen LogP contribution in [0.1, 0.15) is 23.8 Å². The fourth-order valence-electron chi connectivity index (χ4n) is 1.98. The molecule has 21 heavy (non-hydrogen) atoms. The molecule has 0 fully saturated rings. The van der Waals surface area contributed by atoms with E-state index in [1.807, 2.05) is 30.5 Å². The molecular formula is C15H20N4OS. The van der Waals surface area contributed by atoms with Crippen molar-refractivity contribution < 1.29 is 4.79 Å². The molecule has 0 aliphatic heterocycles. The van der Waals surface area contributed by atoms with Gasteiger partial charge in [-0.15, -0.1) is 0 Å². The number of anilines is 1. The second-order valence-electron chi connectivity index (χ2n) is 4.77. The van der Waals surface area contributed by atoms with Crippen LogP contribution in [0.3, 0.4) is 0 Å². The maximum atomic E-state index is 12.2. The van der Waals surface area contributed by atoms with Gasteiger partial charge in [0.05, 0.1) is 5.69 Å². The number of nitrogens with zero attached hydrogens (tertiary/aromatic N) is 2. The van der Waals surface area contributed by atoms with Gasteiger partial charge in [-0.25, -0.2) is 4.68 Å². The Kier molecular flexibility index (Phi) is 5.27. The van der Waals surface area contributed by atoms with E-state index >= 15 is 0 Å². The summed E-state index contributed by atoms with van der Waals surface area (Å²) in [4.78, 5) is 12.2. The predicted octanol–water partition coefficient (Wildman–Crippen LogP) is 2.33. The Bertz CT molecular complexity index is 611. The van der Waals surface area contributed by atoms with Gasteiger partial charge in [-0.1, -0.05) is 13.0 Å². The van der Waals surface area contributed by atoms with Crippen molar-refractivity contribution in [1.29, 1.82) is 0 Å². The zero-order valence-corrected chi connectivity index (χ0v) is 13.1. The van der Waals surface area contributed by atoms with Crippen molar-refractivity contribution in [3.05, 3.63) is 42.2 Å². The van der Waals surface area contributed by atoms with Crippen molar-refractivity contribution in [3.8, 4) is 5.69 Å². The number of carbonyl (C=O) groups is 1. The molecular weight excluding hydrogens is 284 g/mol. The van der Waals surface area contributed by atoms with Crippen LogP contribution in [0.4, 0.5) is 5.69 Å². The Hall–Kier alpha value is -1.95. The third-order valence-corrected chi connectivity index (χ3v) is 3.89. The van der Waals surface area contributed by atoms with Gasteiger partial charge in [0.2, 0.25) is 0 Å². The average Bonchev–Trinajstić information content (AvgIpc) is 2.96. The molecule has 0 radical (unpaired) electrons. The van der Waals surface area contributed by atoms with Gasteiger partial charge >= 0.3 is 0 Å². The molecule has 1 unspecified atom stereocenters. The summed E-state index contributed by atoms with van der Waals surface area (Å²) >= 11 is 1.72. The van der Waals surface area contributed by atoms with E-state index in [1.165, 1.54) is 0 Å². The monoisotopic (exact) mass is 304 g/mol. The number of nitrogens with two attached hydrogens (primary N) is 1. The van der Waals surface area contributed by atoms with Crippen molar-refractivity contribution in [3.63, 3.8) is 0 Å². The van der Waals surface area contributed by atoms with Gasteiger partial charge in [-0.05, 0) is 36.9 Å². The van der Waals surface area contributed by atoms with Crippen molar-refractivity contribution in [2.75, 3.05) is 17.7 Å². The topological polar surface area (TPSA) is 72.9 Å². The third kappa shape index (κ3) is 4.01. The number of hydrogen-bond donors (Lipinski definition) is 2. The first-order chi connectivity index (χ1) is 10.1. The molecule has 5 nitrogen and oxygen atoms in total. The van der Waals surface area contributed by atoms with Crippen molar-refractivity contribution in [2.45, 2.75) is 19.4 Å². The van der Waals surface area contributed by atoms with E-state index in [2.05, 4.69) is 17.3 Å². The van der Waals surface area contributed by atoms with Crippen LogP contribution < -0.4 is 11.1 Å². The van der Waals surface area contributed by atoms with E-state index in [1.54, 1.807) is 28.7 Å². The third-order valence-electron chi connectivity index (χ3n) is 3.15. The van der Waals surface area contributed by atoms with Crippen LogP contribution in [0.5, 0.6) is 0 Å². The fraction of sp³-hybridized carbons (Fsp3) is 0.333. The zero-order valence-electron chi connectivity index (χ0n) is 12.2. The molecule has 0 aliphatic carbocycles. The lowest BCUT2D eigenvalue weighted by Crippen LogP contribution is -2.36. The molecule has 0 bridgehead atoms. The summed E-state index contributed by atoms with van der Waals surface area (Å²) in [5.74, 6) is 0.761. The fourth-order valence-corrected chi connectivity index (χ4v) is 2.70. The molecule has 0 spiro atoms. The SMILES string of the molecule is CCC(CSC)NC(=O)c1ccn(-c2cccc(N)c2)n1. The van der Waals surface area contributed by atoms with Crippen molar-refractivity contribution in [2.24, 2.45) is 0 Å². The number of nitrogens with one attached hydrogen (secondary N) is 1. The summed E-state index contributed by atoms with van der Waals surface area (Å²) in [5.41, 5.74) is 7.68. The summed E-state index contributed by atoms with van der Waals surface area (Å²) in [6, 6.07) is 9.27. The smallest absolute Gasteiger partial charge is 0.272 e. The van der Waals surface area contributed by atoms with Gasteiger partial charge in [0, 0.05) is 23.7 Å². The van der Waals surface area contributed by atoms with Crippen LogP contribution >= 0.6 is 11.8 Å². The minimum atomic E-state index is -0.140. The van der Waals surface area contributed by atoms with Crippen LogP contribution in [0.25, 0.3) is 5.69 Å². The number of aromatic nitrogens is 2. The number of benzene rings is 1. The number of thioether (sulfide) groups is 1. The molecule has 0 saturated heterocycles. The van der Waals surface area contributed by atoms with Crippen LogP contribution in [0.15, 0.2) is 36.5 Å². The van der Waals surface area contributed by atoms with Gasteiger partial charge < -0.3 is 11.1 Å². The van der Waals surface area contributed by atoms with Crippen LogP contribution in [-0.2, 0) is 0 Å². The first-order valence-corrected chi connectivity index (χ1v) is 8.24. The van der Waals surface area contributed by atoms with E-state index in [-0.39, 0.29) is 11.9 Å². The molecule has 2 rings (SSSR count). The van der Waals surface area contributed by atoms with Gasteiger partial charge in [0.15, 0.2) is 5.69 Å². The highest BCUT2D eigenvalue weighted by molar-refractivity contribution is 7.98. The highest BCUT2D eigenvalue weighted by Gasteiger charge is 2.14. The molecule has 1 aromatic carbocycles. The second-order valence-corrected chi connectivity index (χ2v) is 5.69. The Morgan fingerprint density at radius 1 is 1.48 bits per heavy atom. The Balaban J connectivity index is 2.10. The molecule has 1 aromatic heterocycles. The van der Waals surface area contributed by atoms with Gasteiger partial charge in [-0.2, -0.15) is 16.9 Å². The quantitative estimate of drug-likeness (QED) is 0.803. The second kappa shape index (κ2) is 7.17. The molecule has 112 valence electrons. The average molecular weight is 304 g/mol. The molecule has 1 atom stereocenters. The summed E-state index contributed by atoms with van der Waals surface area (Å²) in [6.07, 6.45) is 4.70. The van der Waals surface area contributed by atoms with Crippen LogP contribution in [0.2, 0.25) is 0 Å². The maximum Gasteiger partial charge on any atom is 0.272 e. The minimum Gasteiger partial charge on any atom is -0.399 e. The molecule has 1 heterocycles. The largest absolute Gasteiger partial charge is 0.399 e. The first kappa shape index (κ1) is 15.4. The number of rotatable bonds is 6. The first-order valence-electron chi connectivity index (χ1n) is 6.85.